The lowest BCUT2D eigenvalue weighted by Gasteiger charge is -2.40. The molecule has 5 nitrogen and oxygen atoms in total. The minimum absolute atomic E-state index is 0.0543. The molecule has 2 amide bonds. The van der Waals surface area contributed by atoms with E-state index in [4.69, 9.17) is 0 Å². The Morgan fingerprint density at radius 2 is 1.86 bits per heavy atom. The van der Waals surface area contributed by atoms with Crippen molar-refractivity contribution < 1.29 is 9.59 Å². The molecule has 1 aromatic carbocycles. The third kappa shape index (κ3) is 3.42. The van der Waals surface area contributed by atoms with Crippen LogP contribution in [-0.4, -0.2) is 29.9 Å². The molecule has 112 valence electrons. The largest absolute Gasteiger partial charge is 0.350 e. The molecule has 1 heterocycles. The minimum atomic E-state index is -0.423. The van der Waals surface area contributed by atoms with Gasteiger partial charge in [0.05, 0.1) is 12.5 Å². The van der Waals surface area contributed by atoms with Crippen LogP contribution in [0.2, 0.25) is 0 Å². The van der Waals surface area contributed by atoms with Crippen LogP contribution < -0.4 is 16.0 Å². The topological polar surface area (TPSA) is 70.2 Å². The average Bonchev–Trinajstić information content (AvgIpc) is 2.49. The third-order valence-electron chi connectivity index (χ3n) is 4.27. The molecular formula is C16H21N3O2. The van der Waals surface area contributed by atoms with Gasteiger partial charge in [-0.15, -0.1) is 0 Å². The molecule has 1 aliphatic carbocycles. The molecule has 1 saturated carbocycles. The van der Waals surface area contributed by atoms with Crippen LogP contribution in [-0.2, 0) is 9.59 Å². The molecular weight excluding hydrogens is 266 g/mol. The summed E-state index contributed by atoms with van der Waals surface area (Å²) in [4.78, 5) is 24.1. The van der Waals surface area contributed by atoms with Gasteiger partial charge in [0.15, 0.2) is 0 Å². The molecule has 0 aromatic heterocycles. The van der Waals surface area contributed by atoms with Gasteiger partial charge in [-0.1, -0.05) is 31.0 Å². The van der Waals surface area contributed by atoms with Crippen molar-refractivity contribution in [2.24, 2.45) is 0 Å². The molecule has 21 heavy (non-hydrogen) atoms. The second kappa shape index (κ2) is 6.26. The van der Waals surface area contributed by atoms with Gasteiger partial charge in [-0.3, -0.25) is 9.59 Å². The zero-order valence-electron chi connectivity index (χ0n) is 12.0. The highest BCUT2D eigenvalue weighted by molar-refractivity contribution is 5.95. The molecule has 1 aliphatic heterocycles. The average molecular weight is 287 g/mol. The molecule has 2 aliphatic rings. The van der Waals surface area contributed by atoms with E-state index in [0.29, 0.717) is 6.04 Å². The first-order chi connectivity index (χ1) is 10.2. The van der Waals surface area contributed by atoms with Crippen LogP contribution in [0.4, 0.5) is 5.69 Å². The fourth-order valence-corrected chi connectivity index (χ4v) is 3.19. The summed E-state index contributed by atoms with van der Waals surface area (Å²) in [5.74, 6) is -0.190. The summed E-state index contributed by atoms with van der Waals surface area (Å²) >= 11 is 0. The van der Waals surface area contributed by atoms with E-state index >= 15 is 0 Å². The Bertz CT molecular complexity index is 518. The summed E-state index contributed by atoms with van der Waals surface area (Å²) in [5.41, 5.74) is 0.759. The molecule has 3 atom stereocenters. The number of hydrogen-bond acceptors (Lipinski definition) is 3. The number of para-hydroxylation sites is 1. The molecule has 0 radical (unpaired) electrons. The maximum Gasteiger partial charge on any atom is 0.237 e. The number of amides is 2. The summed E-state index contributed by atoms with van der Waals surface area (Å²) in [7, 11) is 0. The highest BCUT2D eigenvalue weighted by Crippen LogP contribution is 2.22. The van der Waals surface area contributed by atoms with Crippen LogP contribution in [0.25, 0.3) is 0 Å². The van der Waals surface area contributed by atoms with E-state index in [1.807, 2.05) is 30.3 Å². The van der Waals surface area contributed by atoms with Gasteiger partial charge in [0.1, 0.15) is 0 Å². The van der Waals surface area contributed by atoms with E-state index in [2.05, 4.69) is 16.0 Å². The van der Waals surface area contributed by atoms with Crippen LogP contribution in [0, 0.1) is 0 Å². The van der Waals surface area contributed by atoms with Gasteiger partial charge in [0.25, 0.3) is 0 Å². The quantitative estimate of drug-likeness (QED) is 0.787. The Morgan fingerprint density at radius 1 is 1.14 bits per heavy atom. The number of carbonyl (C=O) groups excluding carboxylic acids is 2. The number of anilines is 1. The zero-order valence-corrected chi connectivity index (χ0v) is 12.0. The van der Waals surface area contributed by atoms with Crippen molar-refractivity contribution in [2.45, 2.75) is 50.2 Å². The monoisotopic (exact) mass is 287 g/mol. The first-order valence-corrected chi connectivity index (χ1v) is 7.64. The van der Waals surface area contributed by atoms with Crippen molar-refractivity contribution in [1.29, 1.82) is 0 Å². The summed E-state index contributed by atoms with van der Waals surface area (Å²) in [6.07, 6.45) is 4.63. The smallest absolute Gasteiger partial charge is 0.237 e. The minimum Gasteiger partial charge on any atom is -0.350 e. The van der Waals surface area contributed by atoms with Crippen molar-refractivity contribution in [3.8, 4) is 0 Å². The van der Waals surface area contributed by atoms with Crippen LogP contribution >= 0.6 is 0 Å². The second-order valence-corrected chi connectivity index (χ2v) is 5.84. The maximum absolute atomic E-state index is 12.1. The first kappa shape index (κ1) is 14.1. The SMILES string of the molecule is O=C(C[C@@H]1N[C@@H]2CCCC[C@@H]2NC1=O)Nc1ccccc1. The van der Waals surface area contributed by atoms with Gasteiger partial charge in [0.2, 0.25) is 11.8 Å². The lowest BCUT2D eigenvalue weighted by molar-refractivity contribution is -0.129. The predicted molar refractivity (Wildman–Crippen MR) is 80.8 cm³/mol. The fourth-order valence-electron chi connectivity index (χ4n) is 3.19. The normalized spacial score (nSPS) is 28.4. The van der Waals surface area contributed by atoms with E-state index in [0.717, 1.165) is 18.5 Å². The van der Waals surface area contributed by atoms with Crippen LogP contribution in [0.15, 0.2) is 30.3 Å². The van der Waals surface area contributed by atoms with Crippen molar-refractivity contribution in [2.75, 3.05) is 5.32 Å². The van der Waals surface area contributed by atoms with Crippen molar-refractivity contribution in [3.63, 3.8) is 0 Å². The number of carbonyl (C=O) groups is 2. The summed E-state index contributed by atoms with van der Waals surface area (Å²) < 4.78 is 0. The number of piperazine rings is 1. The van der Waals surface area contributed by atoms with Gasteiger partial charge in [0, 0.05) is 17.8 Å². The van der Waals surface area contributed by atoms with Gasteiger partial charge in [-0.05, 0) is 25.0 Å². The van der Waals surface area contributed by atoms with Crippen molar-refractivity contribution >= 4 is 17.5 Å². The lowest BCUT2D eigenvalue weighted by Crippen LogP contribution is -2.65. The standard InChI is InChI=1S/C16H21N3O2/c20-15(17-11-6-2-1-3-7-11)10-14-16(21)19-13-9-5-4-8-12(13)18-14/h1-3,6-7,12-14,18H,4-5,8-10H2,(H,17,20)(H,19,21)/t12-,13+,14+/m1/s1. The van der Waals surface area contributed by atoms with Crippen LogP contribution in [0.5, 0.6) is 0 Å². The number of hydrogen-bond donors (Lipinski definition) is 3. The molecule has 5 heteroatoms. The van der Waals surface area contributed by atoms with E-state index < -0.39 is 6.04 Å². The first-order valence-electron chi connectivity index (χ1n) is 7.64. The zero-order chi connectivity index (χ0) is 14.7. The fraction of sp³-hybridized carbons (Fsp3) is 0.500. The van der Waals surface area contributed by atoms with Crippen LogP contribution in [0.3, 0.4) is 0 Å². The van der Waals surface area contributed by atoms with Crippen molar-refractivity contribution in [3.05, 3.63) is 30.3 Å². The molecule has 0 spiro atoms. The highest BCUT2D eigenvalue weighted by Gasteiger charge is 2.36. The van der Waals surface area contributed by atoms with E-state index in [1.54, 1.807) is 0 Å². The molecule has 1 aromatic rings. The molecule has 1 saturated heterocycles. The van der Waals surface area contributed by atoms with Gasteiger partial charge in [-0.25, -0.2) is 0 Å². The summed E-state index contributed by atoms with van der Waals surface area (Å²) in [5, 5.41) is 9.23. The summed E-state index contributed by atoms with van der Waals surface area (Å²) in [6, 6.07) is 9.43. The lowest BCUT2D eigenvalue weighted by atomic mass is 9.87. The van der Waals surface area contributed by atoms with E-state index in [1.165, 1.54) is 12.8 Å². The second-order valence-electron chi connectivity index (χ2n) is 5.84. The summed E-state index contributed by atoms with van der Waals surface area (Å²) in [6.45, 7) is 0. The van der Waals surface area contributed by atoms with Gasteiger partial charge >= 0.3 is 0 Å². The molecule has 3 rings (SSSR count). The number of nitrogens with one attached hydrogen (secondary N) is 3. The number of rotatable bonds is 3. The van der Waals surface area contributed by atoms with Crippen LogP contribution in [0.1, 0.15) is 32.1 Å². The van der Waals surface area contributed by atoms with Gasteiger partial charge < -0.3 is 16.0 Å². The maximum atomic E-state index is 12.1. The van der Waals surface area contributed by atoms with E-state index in [-0.39, 0.29) is 24.3 Å². The molecule has 2 fully saturated rings. The molecule has 0 bridgehead atoms. The van der Waals surface area contributed by atoms with Crippen molar-refractivity contribution in [1.82, 2.24) is 10.6 Å². The molecule has 0 unspecified atom stereocenters. The predicted octanol–water partition coefficient (Wildman–Crippen LogP) is 1.41. The van der Waals surface area contributed by atoms with Gasteiger partial charge in [-0.2, -0.15) is 0 Å². The Kier molecular flexibility index (Phi) is 4.20. The Balaban J connectivity index is 1.56. The Hall–Kier alpha value is -1.88. The van der Waals surface area contributed by atoms with E-state index in [9.17, 15) is 9.59 Å². The Labute approximate surface area is 124 Å². The highest BCUT2D eigenvalue weighted by atomic mass is 16.2. The Morgan fingerprint density at radius 3 is 2.62 bits per heavy atom. The number of fused-ring (bicyclic) bond motifs is 1. The molecule has 3 N–H and O–H groups in total. The third-order valence-corrected chi connectivity index (χ3v) is 4.27. The number of benzene rings is 1.